The van der Waals surface area contributed by atoms with Crippen LogP contribution in [0.15, 0.2) is 60.7 Å². The molecule has 1 aliphatic carbocycles. The highest BCUT2D eigenvalue weighted by Gasteiger charge is 2.24. The van der Waals surface area contributed by atoms with Gasteiger partial charge in [-0.05, 0) is 51.9 Å². The molecule has 0 N–H and O–H groups in total. The average Bonchev–Trinajstić information content (AvgIpc) is 3.44. The second-order valence-corrected chi connectivity index (χ2v) is 6.80. The van der Waals surface area contributed by atoms with Gasteiger partial charge in [-0.3, -0.25) is 0 Å². The highest BCUT2D eigenvalue weighted by molar-refractivity contribution is 5.85. The molecule has 1 unspecified atom stereocenters. The van der Waals surface area contributed by atoms with Gasteiger partial charge < -0.3 is 14.2 Å². The van der Waals surface area contributed by atoms with Crippen molar-refractivity contribution in [2.75, 3.05) is 20.3 Å². The number of rotatable bonds is 5. The van der Waals surface area contributed by atoms with Crippen LogP contribution in [0.25, 0.3) is 22.3 Å². The van der Waals surface area contributed by atoms with E-state index in [1.165, 1.54) is 27.8 Å². The predicted molar refractivity (Wildman–Crippen MR) is 102 cm³/mol. The van der Waals surface area contributed by atoms with Gasteiger partial charge in [-0.15, -0.1) is 0 Å². The summed E-state index contributed by atoms with van der Waals surface area (Å²) < 4.78 is 16.6. The fourth-order valence-corrected chi connectivity index (χ4v) is 3.73. The molecule has 1 heterocycles. The fraction of sp³-hybridized carbons (Fsp3) is 0.217. The lowest BCUT2D eigenvalue weighted by Gasteiger charge is -2.14. The first-order valence-corrected chi connectivity index (χ1v) is 8.96. The van der Waals surface area contributed by atoms with E-state index < -0.39 is 0 Å². The molecule has 0 spiro atoms. The lowest BCUT2D eigenvalue weighted by molar-refractivity contribution is 0.252. The van der Waals surface area contributed by atoms with Crippen molar-refractivity contribution in [1.29, 1.82) is 0 Å². The summed E-state index contributed by atoms with van der Waals surface area (Å²) in [5.74, 6) is 1.53. The normalized spacial score (nSPS) is 16.7. The Kier molecular flexibility index (Phi) is 3.68. The molecule has 26 heavy (non-hydrogen) atoms. The molecule has 3 heteroatoms. The first kappa shape index (κ1) is 15.5. The van der Waals surface area contributed by atoms with Gasteiger partial charge in [-0.2, -0.15) is 0 Å². The topological polar surface area (TPSA) is 31.0 Å². The van der Waals surface area contributed by atoms with Gasteiger partial charge in [-0.25, -0.2) is 0 Å². The molecule has 3 nitrogen and oxygen atoms in total. The molecule has 0 aromatic heterocycles. The number of hydrogen-bond acceptors (Lipinski definition) is 3. The third kappa shape index (κ3) is 2.65. The van der Waals surface area contributed by atoms with Gasteiger partial charge >= 0.3 is 0 Å². The highest BCUT2D eigenvalue weighted by atomic mass is 16.6. The molecular weight excluding hydrogens is 324 g/mol. The Bertz CT molecular complexity index is 973. The van der Waals surface area contributed by atoms with Crippen LogP contribution in [0.2, 0.25) is 0 Å². The maximum atomic E-state index is 5.84. The Morgan fingerprint density at radius 3 is 2.58 bits per heavy atom. The summed E-state index contributed by atoms with van der Waals surface area (Å²) >= 11 is 0. The van der Waals surface area contributed by atoms with Crippen molar-refractivity contribution in [3.63, 3.8) is 0 Å². The first-order chi connectivity index (χ1) is 12.8. The lowest BCUT2D eigenvalue weighted by Crippen LogP contribution is -2.05. The van der Waals surface area contributed by atoms with Crippen molar-refractivity contribution < 1.29 is 14.2 Å². The van der Waals surface area contributed by atoms with Crippen LogP contribution in [0.4, 0.5) is 0 Å². The minimum atomic E-state index is 0.232. The molecule has 3 aromatic rings. The fourth-order valence-electron chi connectivity index (χ4n) is 3.73. The number of benzene rings is 3. The van der Waals surface area contributed by atoms with Crippen molar-refractivity contribution in [3.05, 3.63) is 71.8 Å². The van der Waals surface area contributed by atoms with Gasteiger partial charge in [-0.1, -0.05) is 48.5 Å². The Morgan fingerprint density at radius 1 is 0.923 bits per heavy atom. The van der Waals surface area contributed by atoms with E-state index in [0.29, 0.717) is 6.61 Å². The monoisotopic (exact) mass is 344 g/mol. The molecule has 3 aromatic carbocycles. The zero-order valence-corrected chi connectivity index (χ0v) is 14.7. The molecule has 0 saturated carbocycles. The maximum absolute atomic E-state index is 5.84. The molecule has 1 saturated heterocycles. The summed E-state index contributed by atoms with van der Waals surface area (Å²) in [6, 6.07) is 21.4. The van der Waals surface area contributed by atoms with Crippen LogP contribution in [0.1, 0.15) is 11.1 Å². The molecule has 0 bridgehead atoms. The summed E-state index contributed by atoms with van der Waals surface area (Å²) in [5.41, 5.74) is 7.88. The van der Waals surface area contributed by atoms with E-state index >= 15 is 0 Å². The maximum Gasteiger partial charge on any atom is 0.161 e. The summed E-state index contributed by atoms with van der Waals surface area (Å²) in [6.45, 7) is 1.36. The number of methoxy groups -OCH3 is 1. The lowest BCUT2D eigenvalue weighted by atomic mass is 9.95. The Labute approximate surface area is 153 Å². The van der Waals surface area contributed by atoms with E-state index in [-0.39, 0.29) is 6.10 Å². The second-order valence-electron chi connectivity index (χ2n) is 6.80. The van der Waals surface area contributed by atoms with Crippen LogP contribution in [0.3, 0.4) is 0 Å². The molecule has 0 radical (unpaired) electrons. The van der Waals surface area contributed by atoms with Gasteiger partial charge in [0.15, 0.2) is 11.5 Å². The van der Waals surface area contributed by atoms with Crippen LogP contribution < -0.4 is 9.47 Å². The van der Waals surface area contributed by atoms with Crippen molar-refractivity contribution in [2.45, 2.75) is 12.5 Å². The van der Waals surface area contributed by atoms with Crippen LogP contribution in [0, 0.1) is 0 Å². The molecule has 2 aliphatic rings. The minimum Gasteiger partial charge on any atom is -0.493 e. The largest absolute Gasteiger partial charge is 0.493 e. The second kappa shape index (κ2) is 6.19. The molecule has 130 valence electrons. The predicted octanol–water partition coefficient (Wildman–Crippen LogP) is 4.71. The van der Waals surface area contributed by atoms with E-state index in [0.717, 1.165) is 30.1 Å². The SMILES string of the molecule is COc1cc(-c2cccc3c2Cc2ccccc2-3)ccc1OCC1CO1. The Balaban J connectivity index is 1.52. The van der Waals surface area contributed by atoms with Crippen molar-refractivity contribution in [1.82, 2.24) is 0 Å². The van der Waals surface area contributed by atoms with Gasteiger partial charge in [0, 0.05) is 0 Å². The van der Waals surface area contributed by atoms with Crippen LogP contribution in [0.5, 0.6) is 11.5 Å². The Hall–Kier alpha value is -2.78. The number of ether oxygens (including phenoxy) is 3. The smallest absolute Gasteiger partial charge is 0.161 e. The highest BCUT2D eigenvalue weighted by Crippen LogP contribution is 2.42. The zero-order chi connectivity index (χ0) is 17.5. The van der Waals surface area contributed by atoms with E-state index in [2.05, 4.69) is 54.6 Å². The number of hydrogen-bond donors (Lipinski definition) is 0. The van der Waals surface area contributed by atoms with Crippen molar-refractivity contribution in [2.24, 2.45) is 0 Å². The van der Waals surface area contributed by atoms with E-state index in [4.69, 9.17) is 14.2 Å². The van der Waals surface area contributed by atoms with Crippen molar-refractivity contribution >= 4 is 0 Å². The quantitative estimate of drug-likeness (QED) is 0.491. The summed E-state index contributed by atoms with van der Waals surface area (Å²) in [4.78, 5) is 0. The van der Waals surface area contributed by atoms with Gasteiger partial charge in [0.1, 0.15) is 12.7 Å². The van der Waals surface area contributed by atoms with Gasteiger partial charge in [0.2, 0.25) is 0 Å². The third-order valence-electron chi connectivity index (χ3n) is 5.15. The van der Waals surface area contributed by atoms with Crippen LogP contribution >= 0.6 is 0 Å². The molecule has 1 fully saturated rings. The zero-order valence-electron chi connectivity index (χ0n) is 14.7. The van der Waals surface area contributed by atoms with Crippen LogP contribution in [-0.2, 0) is 11.2 Å². The van der Waals surface area contributed by atoms with E-state index in [1.54, 1.807) is 7.11 Å². The van der Waals surface area contributed by atoms with Crippen molar-refractivity contribution in [3.8, 4) is 33.8 Å². The summed E-state index contributed by atoms with van der Waals surface area (Å²) in [7, 11) is 1.69. The summed E-state index contributed by atoms with van der Waals surface area (Å²) in [6.07, 6.45) is 1.21. The number of fused-ring (bicyclic) bond motifs is 3. The number of epoxide rings is 1. The molecule has 1 aliphatic heterocycles. The third-order valence-corrected chi connectivity index (χ3v) is 5.15. The van der Waals surface area contributed by atoms with E-state index in [9.17, 15) is 0 Å². The van der Waals surface area contributed by atoms with Crippen LogP contribution in [-0.4, -0.2) is 26.4 Å². The van der Waals surface area contributed by atoms with E-state index in [1.807, 2.05) is 6.07 Å². The first-order valence-electron chi connectivity index (χ1n) is 8.96. The van der Waals surface area contributed by atoms with Gasteiger partial charge in [0.25, 0.3) is 0 Å². The molecule has 5 rings (SSSR count). The van der Waals surface area contributed by atoms with Gasteiger partial charge in [0.05, 0.1) is 13.7 Å². The summed E-state index contributed by atoms with van der Waals surface area (Å²) in [5, 5.41) is 0. The Morgan fingerprint density at radius 2 is 1.73 bits per heavy atom. The molecule has 0 amide bonds. The molecular formula is C23H20O3. The standard InChI is InChI=1S/C23H20O3/c1-24-23-12-16(9-10-22(23)26-14-17-13-25-17)19-7-4-8-20-18-6-3-2-5-15(18)11-21(19)20/h2-10,12,17H,11,13-14H2,1H3. The average molecular weight is 344 g/mol. The molecule has 1 atom stereocenters. The minimum absolute atomic E-state index is 0.232.